The van der Waals surface area contributed by atoms with E-state index >= 15 is 0 Å². The molecule has 2 fully saturated rings. The fourth-order valence-electron chi connectivity index (χ4n) is 3.18. The first-order valence-corrected chi connectivity index (χ1v) is 7.15. The van der Waals surface area contributed by atoms with Gasteiger partial charge in [-0.05, 0) is 29.6 Å². The van der Waals surface area contributed by atoms with Crippen molar-refractivity contribution < 1.29 is 0 Å². The van der Waals surface area contributed by atoms with Gasteiger partial charge in [-0.1, -0.05) is 27.7 Å². The maximum absolute atomic E-state index is 4.32. The van der Waals surface area contributed by atoms with Crippen LogP contribution in [-0.2, 0) is 13.1 Å². The van der Waals surface area contributed by atoms with E-state index in [1.54, 1.807) is 0 Å². The zero-order valence-corrected chi connectivity index (χ0v) is 12.0. The Morgan fingerprint density at radius 2 is 1.94 bits per heavy atom. The van der Waals surface area contributed by atoms with Crippen LogP contribution in [0.3, 0.4) is 0 Å². The number of nitrogens with one attached hydrogen (secondary N) is 1. The minimum atomic E-state index is 0.457. The normalized spacial score (nSPS) is 25.3. The Kier molecular flexibility index (Phi) is 2.60. The Bertz CT molecular complexity index is 426. The van der Waals surface area contributed by atoms with Gasteiger partial charge in [0.05, 0.1) is 12.0 Å². The Balaban J connectivity index is 1.64. The zero-order chi connectivity index (χ0) is 13.0. The molecule has 0 unspecified atom stereocenters. The highest BCUT2D eigenvalue weighted by Gasteiger charge is 2.64. The number of imidazole rings is 1. The highest BCUT2D eigenvalue weighted by molar-refractivity contribution is 5.13. The highest BCUT2D eigenvalue weighted by Crippen LogP contribution is 2.68. The SMILES string of the molecule is CC1(C)C(Cn2cncc2CNC2CC2)C1(C)C. The number of hydrogen-bond donors (Lipinski definition) is 1. The summed E-state index contributed by atoms with van der Waals surface area (Å²) in [6.07, 6.45) is 6.69. The molecule has 0 saturated heterocycles. The highest BCUT2D eigenvalue weighted by atomic mass is 15.1. The summed E-state index contributed by atoms with van der Waals surface area (Å²) in [4.78, 5) is 4.32. The largest absolute Gasteiger partial charge is 0.333 e. The first-order chi connectivity index (χ1) is 8.43. The topological polar surface area (TPSA) is 29.9 Å². The molecule has 2 aliphatic rings. The van der Waals surface area contributed by atoms with Crippen molar-refractivity contribution in [3.8, 4) is 0 Å². The van der Waals surface area contributed by atoms with Crippen LogP contribution in [0.2, 0.25) is 0 Å². The van der Waals surface area contributed by atoms with Crippen LogP contribution in [0.25, 0.3) is 0 Å². The molecular formula is C15H25N3. The molecule has 3 rings (SSSR count). The van der Waals surface area contributed by atoms with Crippen LogP contribution in [0.4, 0.5) is 0 Å². The van der Waals surface area contributed by atoms with E-state index in [0.717, 1.165) is 25.0 Å². The molecule has 3 heteroatoms. The number of hydrogen-bond acceptors (Lipinski definition) is 2. The average molecular weight is 247 g/mol. The quantitative estimate of drug-likeness (QED) is 0.867. The van der Waals surface area contributed by atoms with E-state index in [1.807, 2.05) is 12.5 Å². The minimum Gasteiger partial charge on any atom is -0.333 e. The molecule has 1 N–H and O–H groups in total. The first kappa shape index (κ1) is 12.2. The smallest absolute Gasteiger partial charge is 0.0948 e. The van der Waals surface area contributed by atoms with Crippen LogP contribution in [0.1, 0.15) is 46.2 Å². The summed E-state index contributed by atoms with van der Waals surface area (Å²) in [5, 5.41) is 3.57. The van der Waals surface area contributed by atoms with E-state index in [9.17, 15) is 0 Å². The molecule has 18 heavy (non-hydrogen) atoms. The standard InChI is InChI=1S/C15H25N3/c1-14(2)13(15(14,3)4)9-18-10-16-7-12(18)8-17-11-5-6-11/h7,10-11,13,17H,5-6,8-9H2,1-4H3. The van der Waals surface area contributed by atoms with Crippen molar-refractivity contribution in [3.63, 3.8) is 0 Å². The van der Waals surface area contributed by atoms with Crippen molar-refractivity contribution in [2.24, 2.45) is 16.7 Å². The van der Waals surface area contributed by atoms with Crippen LogP contribution in [0, 0.1) is 16.7 Å². The minimum absolute atomic E-state index is 0.457. The molecule has 0 atom stereocenters. The van der Waals surface area contributed by atoms with Crippen LogP contribution in [0.15, 0.2) is 12.5 Å². The van der Waals surface area contributed by atoms with Crippen molar-refractivity contribution in [1.29, 1.82) is 0 Å². The van der Waals surface area contributed by atoms with Crippen molar-refractivity contribution in [2.45, 2.75) is 59.7 Å². The lowest BCUT2D eigenvalue weighted by Crippen LogP contribution is -2.18. The summed E-state index contributed by atoms with van der Waals surface area (Å²) >= 11 is 0. The summed E-state index contributed by atoms with van der Waals surface area (Å²) in [5.41, 5.74) is 2.25. The molecule has 0 radical (unpaired) electrons. The summed E-state index contributed by atoms with van der Waals surface area (Å²) in [7, 11) is 0. The maximum Gasteiger partial charge on any atom is 0.0948 e. The fraction of sp³-hybridized carbons (Fsp3) is 0.800. The van der Waals surface area contributed by atoms with E-state index < -0.39 is 0 Å². The van der Waals surface area contributed by atoms with Gasteiger partial charge >= 0.3 is 0 Å². The third kappa shape index (κ3) is 1.89. The number of rotatable bonds is 5. The lowest BCUT2D eigenvalue weighted by atomic mass is 10.0. The molecule has 0 aromatic carbocycles. The third-order valence-electron chi connectivity index (χ3n) is 5.65. The lowest BCUT2D eigenvalue weighted by molar-refractivity contribution is 0.457. The van der Waals surface area contributed by atoms with Gasteiger partial charge in [0.1, 0.15) is 0 Å². The van der Waals surface area contributed by atoms with Gasteiger partial charge < -0.3 is 9.88 Å². The van der Waals surface area contributed by atoms with Gasteiger partial charge in [0.15, 0.2) is 0 Å². The second kappa shape index (κ2) is 3.83. The molecule has 0 amide bonds. The van der Waals surface area contributed by atoms with E-state index in [-0.39, 0.29) is 0 Å². The summed E-state index contributed by atoms with van der Waals surface area (Å²) < 4.78 is 2.34. The van der Waals surface area contributed by atoms with Crippen LogP contribution < -0.4 is 5.32 Å². The Morgan fingerprint density at radius 3 is 2.50 bits per heavy atom. The van der Waals surface area contributed by atoms with Crippen LogP contribution >= 0.6 is 0 Å². The molecule has 1 heterocycles. The second-order valence-electron chi connectivity index (χ2n) is 7.19. The predicted molar refractivity (Wildman–Crippen MR) is 73.1 cm³/mol. The van der Waals surface area contributed by atoms with Gasteiger partial charge in [0.25, 0.3) is 0 Å². The second-order valence-corrected chi connectivity index (χ2v) is 7.19. The van der Waals surface area contributed by atoms with Crippen LogP contribution in [0.5, 0.6) is 0 Å². The fourth-order valence-corrected chi connectivity index (χ4v) is 3.18. The van der Waals surface area contributed by atoms with Gasteiger partial charge in [-0.25, -0.2) is 4.98 Å². The molecular weight excluding hydrogens is 222 g/mol. The number of nitrogens with zero attached hydrogens (tertiary/aromatic N) is 2. The van der Waals surface area contributed by atoms with Crippen LogP contribution in [-0.4, -0.2) is 15.6 Å². The summed E-state index contributed by atoms with van der Waals surface area (Å²) in [6, 6.07) is 0.766. The van der Waals surface area contributed by atoms with E-state index in [2.05, 4.69) is 42.6 Å². The van der Waals surface area contributed by atoms with Gasteiger partial charge in [0, 0.05) is 25.3 Å². The molecule has 1 aromatic rings. The first-order valence-electron chi connectivity index (χ1n) is 7.15. The van der Waals surface area contributed by atoms with Crippen molar-refractivity contribution >= 4 is 0 Å². The molecule has 0 bridgehead atoms. The molecule has 0 aliphatic heterocycles. The maximum atomic E-state index is 4.32. The molecule has 1 aromatic heterocycles. The van der Waals surface area contributed by atoms with Crippen molar-refractivity contribution in [2.75, 3.05) is 0 Å². The van der Waals surface area contributed by atoms with E-state index in [0.29, 0.717) is 10.8 Å². The zero-order valence-electron chi connectivity index (χ0n) is 12.0. The van der Waals surface area contributed by atoms with Crippen molar-refractivity contribution in [3.05, 3.63) is 18.2 Å². The third-order valence-corrected chi connectivity index (χ3v) is 5.65. The van der Waals surface area contributed by atoms with Gasteiger partial charge in [-0.15, -0.1) is 0 Å². The Labute approximate surface area is 110 Å². The Hall–Kier alpha value is -0.830. The Morgan fingerprint density at radius 1 is 1.28 bits per heavy atom. The monoisotopic (exact) mass is 247 g/mol. The molecule has 2 aliphatic carbocycles. The summed E-state index contributed by atoms with van der Waals surface area (Å²) in [5.74, 6) is 0.763. The van der Waals surface area contributed by atoms with Gasteiger partial charge in [-0.2, -0.15) is 0 Å². The number of aromatic nitrogens is 2. The summed E-state index contributed by atoms with van der Waals surface area (Å²) in [6.45, 7) is 11.6. The lowest BCUT2D eigenvalue weighted by Gasteiger charge is -2.10. The predicted octanol–water partition coefficient (Wildman–Crippen LogP) is 2.82. The van der Waals surface area contributed by atoms with E-state index in [1.165, 1.54) is 18.5 Å². The molecule has 0 spiro atoms. The average Bonchev–Trinajstić information content (AvgIpc) is 3.10. The van der Waals surface area contributed by atoms with Crippen molar-refractivity contribution in [1.82, 2.24) is 14.9 Å². The van der Waals surface area contributed by atoms with Gasteiger partial charge in [0.2, 0.25) is 0 Å². The molecule has 3 nitrogen and oxygen atoms in total. The molecule has 100 valence electrons. The van der Waals surface area contributed by atoms with Gasteiger partial charge in [-0.3, -0.25) is 0 Å². The molecule has 2 saturated carbocycles. The van der Waals surface area contributed by atoms with E-state index in [4.69, 9.17) is 0 Å².